The average Bonchev–Trinajstić information content (AvgIpc) is 0.752. The lowest BCUT2D eigenvalue weighted by Gasteiger charge is -2.34. The Hall–Kier alpha value is -8.64. The molecule has 27 heteroatoms. The third-order valence-corrected chi connectivity index (χ3v) is 24.5. The van der Waals surface area contributed by atoms with Gasteiger partial charge in [0.1, 0.15) is 52.3 Å². The van der Waals surface area contributed by atoms with E-state index < -0.39 is 77.8 Å². The standard InChI is InChI=1S/C31H35FN2O5S.C28H37FN2O5S.C26H33FN2O5S/c1-20(2)30-27(16-15-24(36)19-25(37)18-21(3)35)29(22-11-13-23(32)14-12-22)28-10-7-17-34(31(28)33-30)40(38,39)26-8-5-4-6-9-26;1-17(2)27-24(13-12-22(33)16-23(34)15-19(5)32)26(20-8-10-21(29)11-9-20)25-7-6-14-31(28(25)30-27)37(35,36)18(3)4;1-16(2)25-22(12-11-20(31)15-21(32)14-17(3)30)24(18-7-9-19(27)10-8-18)23-6-5-13-29(26(23)28-25)35(4,33)34/h4-6,8-9,11-16,20,24-25,36-37H,7,10,17-19H2,1-3H3;8-13,17-18,22-23,33-34H,6-7,14-16H2,1-5H3;7-12,16,20-21,31-32H,5-6,13-15H2,1-4H3/b16-15+;13-12+;12-11+/t24-,25+;22-,23+;20-,21+/m111/s1. The molecule has 0 aliphatic carbocycles. The summed E-state index contributed by atoms with van der Waals surface area (Å²) in [5, 5.41) is 61.3. The predicted octanol–water partition coefficient (Wildman–Crippen LogP) is 13.7. The third kappa shape index (κ3) is 22.6. The van der Waals surface area contributed by atoms with Crippen molar-refractivity contribution in [1.29, 1.82) is 0 Å². The van der Waals surface area contributed by atoms with Gasteiger partial charge in [-0.3, -0.25) is 23.0 Å². The van der Waals surface area contributed by atoms with Crippen molar-refractivity contribution in [3.63, 3.8) is 0 Å². The van der Waals surface area contributed by atoms with E-state index in [-0.39, 0.29) is 96.7 Å². The van der Waals surface area contributed by atoms with Crippen LogP contribution in [0.25, 0.3) is 51.6 Å². The first kappa shape index (κ1) is 88.9. The molecular weight excluding hydrogens is 1500 g/mol. The number of aromatic nitrogens is 3. The van der Waals surface area contributed by atoms with Gasteiger partial charge in [-0.1, -0.05) is 133 Å². The lowest BCUT2D eigenvalue weighted by molar-refractivity contribution is -0.120. The van der Waals surface area contributed by atoms with Crippen LogP contribution in [-0.2, 0) is 63.7 Å². The third-order valence-electron chi connectivity index (χ3n) is 19.3. The fraction of sp³-hybridized carbons (Fsp3) is 0.435. The number of hydrogen-bond acceptors (Lipinski definition) is 18. The van der Waals surface area contributed by atoms with Gasteiger partial charge in [-0.2, -0.15) is 0 Å². The number of anilines is 3. The second-order valence-electron chi connectivity index (χ2n) is 30.1. The summed E-state index contributed by atoms with van der Waals surface area (Å²) in [6, 6.07) is 26.4. The van der Waals surface area contributed by atoms with Crippen LogP contribution in [0.15, 0.2) is 126 Å². The molecule has 0 amide bonds. The first-order valence-corrected chi connectivity index (χ1v) is 42.6. The number of sulfonamides is 3. The van der Waals surface area contributed by atoms with E-state index in [1.165, 1.54) is 70.1 Å². The number of Topliss-reactive ketones (excluding diaryl/α,β-unsaturated/α-hetero) is 3. The number of aliphatic hydroxyl groups is 6. The Morgan fingerprint density at radius 2 is 0.714 bits per heavy atom. The molecule has 3 aromatic heterocycles. The molecule has 0 bridgehead atoms. The van der Waals surface area contributed by atoms with E-state index in [1.807, 2.05) is 41.5 Å². The SMILES string of the molecule is CC(=O)C[C@H](O)C[C@H](O)/C=C/c1c(C(C)C)nc2c(c1-c1ccc(F)cc1)CCCN2S(=O)(=O)C(C)C.CC(=O)C[C@H](O)C[C@H](O)/C=C/c1c(C(C)C)nc2c(c1-c1ccc(F)cc1)CCCN2S(=O)(=O)c1ccccc1.CC(=O)C[C@H](O)C[C@H](O)/C=C/c1c(C(C)C)nc2c(c1-c1ccc(F)cc1)CCCN2S(C)(=O)=O. The average molecular weight is 1600 g/mol. The van der Waals surface area contributed by atoms with Gasteiger partial charge in [-0.15, -0.1) is 0 Å². The molecule has 0 saturated carbocycles. The number of fused-ring (bicyclic) bond motifs is 3. The number of ketones is 3. The quantitative estimate of drug-likeness (QED) is 0.0254. The Bertz CT molecular complexity index is 4930. The Labute approximate surface area is 656 Å². The Kier molecular flexibility index (Phi) is 30.9. The zero-order valence-corrected chi connectivity index (χ0v) is 68.0. The van der Waals surface area contributed by atoms with E-state index in [2.05, 4.69) is 0 Å². The van der Waals surface area contributed by atoms with Gasteiger partial charge in [-0.25, -0.2) is 57.7 Å². The number of halogens is 3. The second kappa shape index (κ2) is 38.9. The molecule has 4 aromatic carbocycles. The highest BCUT2D eigenvalue weighted by Gasteiger charge is 2.38. The van der Waals surface area contributed by atoms with Crippen molar-refractivity contribution in [2.45, 2.75) is 218 Å². The van der Waals surface area contributed by atoms with Gasteiger partial charge >= 0.3 is 0 Å². The van der Waals surface area contributed by atoms with Gasteiger partial charge in [0.25, 0.3) is 10.0 Å². The van der Waals surface area contributed by atoms with E-state index >= 15 is 0 Å². The van der Waals surface area contributed by atoms with Crippen LogP contribution in [0.3, 0.4) is 0 Å². The molecule has 0 fully saturated rings. The normalized spacial score (nSPS) is 15.7. The van der Waals surface area contributed by atoms with Gasteiger partial charge in [0.2, 0.25) is 20.0 Å². The van der Waals surface area contributed by atoms with Crippen LogP contribution >= 0.6 is 0 Å². The number of aliphatic hydroxyl groups excluding tert-OH is 6. The predicted molar refractivity (Wildman–Crippen MR) is 434 cm³/mol. The van der Waals surface area contributed by atoms with E-state index in [0.717, 1.165) is 45.2 Å². The molecule has 0 radical (unpaired) electrons. The van der Waals surface area contributed by atoms with Crippen molar-refractivity contribution in [1.82, 2.24) is 15.0 Å². The molecule has 0 spiro atoms. The number of hydrogen-bond donors (Lipinski definition) is 6. The number of carbonyl (C=O) groups excluding carboxylic acids is 3. The molecule has 6 atom stereocenters. The molecule has 21 nitrogen and oxygen atoms in total. The van der Waals surface area contributed by atoms with Crippen molar-refractivity contribution < 1.29 is 83.4 Å². The number of rotatable bonds is 29. The van der Waals surface area contributed by atoms with E-state index in [9.17, 15) is 83.4 Å². The van der Waals surface area contributed by atoms with Crippen molar-refractivity contribution in [2.75, 3.05) is 38.8 Å². The number of nitrogens with zero attached hydrogens (tertiary/aromatic N) is 6. The zero-order chi connectivity index (χ0) is 82.4. The second-order valence-corrected chi connectivity index (χ2v) is 36.3. The molecule has 3 aliphatic rings. The highest BCUT2D eigenvalue weighted by Crippen LogP contribution is 2.46. The van der Waals surface area contributed by atoms with Gasteiger partial charge in [0.15, 0.2) is 0 Å². The highest BCUT2D eigenvalue weighted by molar-refractivity contribution is 7.93. The number of pyridine rings is 3. The Morgan fingerprint density at radius 3 is 1.00 bits per heavy atom. The first-order valence-electron chi connectivity index (χ1n) is 37.9. The molecule has 112 heavy (non-hydrogen) atoms. The lowest BCUT2D eigenvalue weighted by atomic mass is 9.87. The minimum absolute atomic E-state index is 0.000795. The molecular formula is C85H105F3N6O15S3. The molecule has 0 saturated heterocycles. The minimum atomic E-state index is -3.89. The van der Waals surface area contributed by atoms with Crippen molar-refractivity contribution in [3.8, 4) is 33.4 Å². The van der Waals surface area contributed by atoms with E-state index in [0.29, 0.717) is 114 Å². The van der Waals surface area contributed by atoms with Crippen LogP contribution < -0.4 is 12.9 Å². The summed E-state index contributed by atoms with van der Waals surface area (Å²) in [6.07, 6.45) is 8.47. The van der Waals surface area contributed by atoms with Crippen LogP contribution in [0.2, 0.25) is 0 Å². The van der Waals surface area contributed by atoms with Crippen molar-refractivity contribution in [3.05, 3.63) is 189 Å². The summed E-state index contributed by atoms with van der Waals surface area (Å²) in [4.78, 5) is 48.6. The van der Waals surface area contributed by atoms with Crippen molar-refractivity contribution >= 4 is 83.1 Å². The summed E-state index contributed by atoms with van der Waals surface area (Å²) in [5.74, 6) is -0.799. The van der Waals surface area contributed by atoms with Crippen LogP contribution in [0.1, 0.15) is 202 Å². The summed E-state index contributed by atoms with van der Waals surface area (Å²) in [5.41, 5.74) is 10.7. The van der Waals surface area contributed by atoms with Crippen LogP contribution in [0, 0.1) is 17.5 Å². The smallest absolute Gasteiger partial charge is 0.265 e. The van der Waals surface area contributed by atoms with Gasteiger partial charge in [0, 0.05) is 91.5 Å². The first-order chi connectivity index (χ1) is 52.7. The Morgan fingerprint density at radius 1 is 0.429 bits per heavy atom. The summed E-state index contributed by atoms with van der Waals surface area (Å²) in [6.45, 7) is 20.1. The monoisotopic (exact) mass is 1600 g/mol. The topological polar surface area (TPSA) is 323 Å². The maximum Gasteiger partial charge on any atom is 0.265 e. The molecule has 6 heterocycles. The fourth-order valence-electron chi connectivity index (χ4n) is 14.2. The van der Waals surface area contributed by atoms with Crippen molar-refractivity contribution in [2.24, 2.45) is 0 Å². The zero-order valence-electron chi connectivity index (χ0n) is 65.6. The largest absolute Gasteiger partial charge is 0.393 e. The van der Waals surface area contributed by atoms with Crippen LogP contribution in [0.4, 0.5) is 30.6 Å². The van der Waals surface area contributed by atoms with Gasteiger partial charge in [0.05, 0.1) is 70.1 Å². The minimum Gasteiger partial charge on any atom is -0.393 e. The maximum atomic E-state index is 13.9. The van der Waals surface area contributed by atoms with Crippen LogP contribution in [0.5, 0.6) is 0 Å². The molecule has 6 N–H and O–H groups in total. The molecule has 604 valence electrons. The molecule has 3 aliphatic heterocycles. The van der Waals surface area contributed by atoms with E-state index in [1.54, 1.807) is 117 Å². The highest BCUT2D eigenvalue weighted by atomic mass is 32.2. The number of benzene rings is 4. The van der Waals surface area contributed by atoms with E-state index in [4.69, 9.17) is 15.0 Å². The summed E-state index contributed by atoms with van der Waals surface area (Å²) < 4.78 is 125. The molecule has 10 rings (SSSR count). The summed E-state index contributed by atoms with van der Waals surface area (Å²) in [7, 11) is -11.1. The number of carbonyl (C=O) groups is 3. The van der Waals surface area contributed by atoms with Gasteiger partial charge < -0.3 is 30.6 Å². The Balaban J connectivity index is 0.000000211. The summed E-state index contributed by atoms with van der Waals surface area (Å²) >= 11 is 0. The molecule has 7 aromatic rings. The molecule has 0 unspecified atom stereocenters. The van der Waals surface area contributed by atoms with Crippen LogP contribution in [-0.4, -0.2) is 156 Å². The lowest BCUT2D eigenvalue weighted by Crippen LogP contribution is -2.41. The fourth-order valence-corrected chi connectivity index (χ4v) is 17.9. The maximum absolute atomic E-state index is 13.9. The van der Waals surface area contributed by atoms with Gasteiger partial charge in [-0.05, 0) is 173 Å².